The first-order chi connectivity index (χ1) is 9.04. The Kier molecular flexibility index (Phi) is 4.24. The third-order valence-corrected chi connectivity index (χ3v) is 3.92. The van der Waals surface area contributed by atoms with Crippen molar-refractivity contribution in [2.75, 3.05) is 6.61 Å². The summed E-state index contributed by atoms with van der Waals surface area (Å²) in [7, 11) is 0. The van der Waals surface area contributed by atoms with E-state index in [2.05, 4.69) is 10.4 Å². The van der Waals surface area contributed by atoms with E-state index in [9.17, 15) is 9.90 Å². The van der Waals surface area contributed by atoms with Crippen LogP contribution in [0.2, 0.25) is 0 Å². The van der Waals surface area contributed by atoms with Crippen molar-refractivity contribution >= 4 is 5.91 Å². The van der Waals surface area contributed by atoms with Crippen LogP contribution >= 0.6 is 0 Å². The third kappa shape index (κ3) is 3.35. The second kappa shape index (κ2) is 5.74. The molecule has 0 atom stereocenters. The van der Waals surface area contributed by atoms with Crippen molar-refractivity contribution in [1.29, 1.82) is 0 Å². The molecule has 19 heavy (non-hydrogen) atoms. The minimum atomic E-state index is -0.369. The Hall–Kier alpha value is -1.36. The molecule has 1 saturated carbocycles. The number of carbonyl (C=O) groups excluding carboxylic acids is 1. The highest BCUT2D eigenvalue weighted by Gasteiger charge is 2.34. The third-order valence-electron chi connectivity index (χ3n) is 3.92. The lowest BCUT2D eigenvalue weighted by Crippen LogP contribution is -2.49. The monoisotopic (exact) mass is 265 g/mol. The summed E-state index contributed by atoms with van der Waals surface area (Å²) >= 11 is 0. The van der Waals surface area contributed by atoms with Crippen LogP contribution in [0.25, 0.3) is 0 Å². The summed E-state index contributed by atoms with van der Waals surface area (Å²) in [5.74, 6) is 0.00324. The van der Waals surface area contributed by atoms with E-state index in [1.807, 2.05) is 24.6 Å². The Morgan fingerprint density at radius 2 is 2.16 bits per heavy atom. The van der Waals surface area contributed by atoms with Crippen molar-refractivity contribution in [1.82, 2.24) is 15.1 Å². The molecule has 2 N–H and O–H groups in total. The second-order valence-corrected chi connectivity index (χ2v) is 5.59. The van der Waals surface area contributed by atoms with Gasteiger partial charge in [-0.25, -0.2) is 0 Å². The fourth-order valence-corrected chi connectivity index (χ4v) is 2.84. The number of aryl methyl sites for hydroxylation is 3. The van der Waals surface area contributed by atoms with Crippen molar-refractivity contribution in [3.05, 3.63) is 17.5 Å². The minimum absolute atomic E-state index is 0.00324. The largest absolute Gasteiger partial charge is 0.394 e. The maximum Gasteiger partial charge on any atom is 0.222 e. The zero-order chi connectivity index (χ0) is 13.9. The van der Waals surface area contributed by atoms with E-state index in [-0.39, 0.29) is 18.1 Å². The number of aliphatic hydroxyl groups is 1. The Balaban J connectivity index is 1.86. The molecule has 106 valence electrons. The van der Waals surface area contributed by atoms with Crippen molar-refractivity contribution in [2.24, 2.45) is 0 Å². The van der Waals surface area contributed by atoms with Crippen LogP contribution in [0.15, 0.2) is 6.07 Å². The zero-order valence-corrected chi connectivity index (χ0v) is 11.8. The van der Waals surface area contributed by atoms with Gasteiger partial charge in [0.15, 0.2) is 0 Å². The lowest BCUT2D eigenvalue weighted by molar-refractivity contribution is -0.123. The van der Waals surface area contributed by atoms with Gasteiger partial charge in [0, 0.05) is 18.7 Å². The first-order valence-corrected chi connectivity index (χ1v) is 6.98. The Bertz CT molecular complexity index is 448. The molecular weight excluding hydrogens is 242 g/mol. The van der Waals surface area contributed by atoms with Gasteiger partial charge in [0.05, 0.1) is 17.8 Å². The summed E-state index contributed by atoms with van der Waals surface area (Å²) in [6.45, 7) is 4.57. The van der Waals surface area contributed by atoms with Crippen LogP contribution in [0.1, 0.15) is 43.5 Å². The predicted molar refractivity (Wildman–Crippen MR) is 72.7 cm³/mol. The average molecular weight is 265 g/mol. The van der Waals surface area contributed by atoms with Gasteiger partial charge in [0.2, 0.25) is 5.91 Å². The van der Waals surface area contributed by atoms with Crippen molar-refractivity contribution in [3.8, 4) is 0 Å². The molecule has 0 aliphatic heterocycles. The molecule has 1 amide bonds. The fraction of sp³-hybridized carbons (Fsp3) is 0.714. The van der Waals surface area contributed by atoms with Gasteiger partial charge in [-0.1, -0.05) is 12.8 Å². The summed E-state index contributed by atoms with van der Waals surface area (Å²) in [6.07, 6.45) is 4.34. The number of hydrogen-bond acceptors (Lipinski definition) is 3. The molecule has 1 aromatic heterocycles. The first kappa shape index (κ1) is 14.1. The van der Waals surface area contributed by atoms with Gasteiger partial charge in [0.1, 0.15) is 0 Å². The van der Waals surface area contributed by atoms with E-state index in [4.69, 9.17) is 0 Å². The molecular formula is C14H23N3O2. The van der Waals surface area contributed by atoms with Gasteiger partial charge in [0.25, 0.3) is 0 Å². The lowest BCUT2D eigenvalue weighted by atomic mass is 9.99. The topological polar surface area (TPSA) is 67.2 Å². The van der Waals surface area contributed by atoms with Crippen LogP contribution < -0.4 is 5.32 Å². The number of nitrogens with zero attached hydrogens (tertiary/aromatic N) is 2. The van der Waals surface area contributed by atoms with Crippen LogP contribution in [0.5, 0.6) is 0 Å². The van der Waals surface area contributed by atoms with E-state index >= 15 is 0 Å². The number of nitrogens with one attached hydrogen (secondary N) is 1. The maximum atomic E-state index is 12.0. The molecule has 1 aromatic rings. The Morgan fingerprint density at radius 1 is 1.47 bits per heavy atom. The smallest absolute Gasteiger partial charge is 0.222 e. The van der Waals surface area contributed by atoms with Crippen LogP contribution in [0.3, 0.4) is 0 Å². The van der Waals surface area contributed by atoms with Crippen LogP contribution in [0, 0.1) is 13.8 Å². The van der Waals surface area contributed by atoms with Gasteiger partial charge < -0.3 is 10.4 Å². The normalized spacial score (nSPS) is 17.6. The first-order valence-electron chi connectivity index (χ1n) is 6.98. The van der Waals surface area contributed by atoms with Gasteiger partial charge in [-0.2, -0.15) is 5.10 Å². The number of carbonyl (C=O) groups is 1. The number of aromatic nitrogens is 2. The molecule has 1 heterocycles. The number of amides is 1. The lowest BCUT2D eigenvalue weighted by Gasteiger charge is -2.28. The van der Waals surface area contributed by atoms with Gasteiger partial charge in [-0.05, 0) is 32.8 Å². The quantitative estimate of drug-likeness (QED) is 0.843. The van der Waals surface area contributed by atoms with E-state index in [0.29, 0.717) is 13.0 Å². The van der Waals surface area contributed by atoms with Crippen molar-refractivity contribution in [3.63, 3.8) is 0 Å². The van der Waals surface area contributed by atoms with E-state index in [1.165, 1.54) is 0 Å². The molecule has 0 radical (unpaired) electrons. The van der Waals surface area contributed by atoms with Crippen LogP contribution in [-0.2, 0) is 11.3 Å². The molecule has 0 aromatic carbocycles. The van der Waals surface area contributed by atoms with Crippen LogP contribution in [-0.4, -0.2) is 32.9 Å². The van der Waals surface area contributed by atoms with Gasteiger partial charge >= 0.3 is 0 Å². The molecule has 1 aliphatic rings. The van der Waals surface area contributed by atoms with E-state index in [0.717, 1.165) is 37.1 Å². The summed E-state index contributed by atoms with van der Waals surface area (Å²) in [5, 5.41) is 16.8. The zero-order valence-electron chi connectivity index (χ0n) is 11.8. The average Bonchev–Trinajstić information content (AvgIpc) is 2.94. The number of hydrogen-bond donors (Lipinski definition) is 2. The van der Waals surface area contributed by atoms with Crippen molar-refractivity contribution in [2.45, 2.75) is 58.0 Å². The number of aliphatic hydroxyl groups excluding tert-OH is 1. The van der Waals surface area contributed by atoms with E-state index < -0.39 is 0 Å². The minimum Gasteiger partial charge on any atom is -0.394 e. The molecule has 5 heteroatoms. The van der Waals surface area contributed by atoms with E-state index in [1.54, 1.807) is 0 Å². The molecule has 1 fully saturated rings. The Morgan fingerprint density at radius 3 is 2.68 bits per heavy atom. The summed E-state index contributed by atoms with van der Waals surface area (Å²) in [4.78, 5) is 12.0. The fourth-order valence-electron chi connectivity index (χ4n) is 2.84. The summed E-state index contributed by atoms with van der Waals surface area (Å²) < 4.78 is 1.86. The summed E-state index contributed by atoms with van der Waals surface area (Å²) in [5.41, 5.74) is 1.68. The molecule has 2 rings (SSSR count). The predicted octanol–water partition coefficient (Wildman–Crippen LogP) is 1.31. The number of rotatable bonds is 5. The van der Waals surface area contributed by atoms with Gasteiger partial charge in [-0.3, -0.25) is 9.48 Å². The molecule has 5 nitrogen and oxygen atoms in total. The molecule has 0 spiro atoms. The molecule has 0 saturated heterocycles. The molecule has 1 aliphatic carbocycles. The summed E-state index contributed by atoms with van der Waals surface area (Å²) in [6, 6.07) is 2.00. The highest BCUT2D eigenvalue weighted by molar-refractivity contribution is 5.76. The second-order valence-electron chi connectivity index (χ2n) is 5.59. The van der Waals surface area contributed by atoms with Crippen molar-refractivity contribution < 1.29 is 9.90 Å². The van der Waals surface area contributed by atoms with Gasteiger partial charge in [-0.15, -0.1) is 0 Å². The SMILES string of the molecule is Cc1cc(C)n(CCC(=O)NC2(CO)CCCC2)n1. The Labute approximate surface area is 114 Å². The molecule has 0 bridgehead atoms. The molecule has 0 unspecified atom stereocenters. The van der Waals surface area contributed by atoms with Crippen LogP contribution in [0.4, 0.5) is 0 Å². The highest BCUT2D eigenvalue weighted by Crippen LogP contribution is 2.29. The highest BCUT2D eigenvalue weighted by atomic mass is 16.3. The maximum absolute atomic E-state index is 12.0. The standard InChI is InChI=1S/C14H23N3O2/c1-11-9-12(2)17(16-11)8-5-13(19)15-14(10-18)6-3-4-7-14/h9,18H,3-8,10H2,1-2H3,(H,15,19).